The molecule has 0 saturated carbocycles. The molecular weight excluding hydrogens is 234 g/mol. The largest absolute Gasteiger partial charge is 0.268 e. The summed E-state index contributed by atoms with van der Waals surface area (Å²) >= 11 is 0. The van der Waals surface area contributed by atoms with Crippen molar-refractivity contribution in [3.05, 3.63) is 57.9 Å². The van der Waals surface area contributed by atoms with Crippen molar-refractivity contribution >= 4 is 17.6 Å². The van der Waals surface area contributed by atoms with Crippen LogP contribution in [0, 0.1) is 0 Å². The van der Waals surface area contributed by atoms with Crippen LogP contribution in [0.5, 0.6) is 0 Å². The number of rotatable bonds is 1. The van der Waals surface area contributed by atoms with Gasteiger partial charge in [0.2, 0.25) is 0 Å². The molecule has 1 aliphatic rings. The highest BCUT2D eigenvalue weighted by atomic mass is 16.2. The third kappa shape index (κ3) is 1.36. The van der Waals surface area contributed by atoms with Crippen LogP contribution >= 0.6 is 0 Å². The second-order valence-corrected chi connectivity index (χ2v) is 3.77. The molecule has 0 saturated heterocycles. The van der Waals surface area contributed by atoms with Crippen molar-refractivity contribution in [2.75, 3.05) is 4.90 Å². The third-order valence-corrected chi connectivity index (χ3v) is 2.69. The molecule has 0 bridgehead atoms. The van der Waals surface area contributed by atoms with Crippen LogP contribution in [0.4, 0.5) is 5.82 Å². The van der Waals surface area contributed by atoms with Gasteiger partial charge in [0.1, 0.15) is 0 Å². The van der Waals surface area contributed by atoms with Crippen LogP contribution < -0.4 is 10.5 Å². The summed E-state index contributed by atoms with van der Waals surface area (Å²) in [6.07, 6.45) is 0. The first-order valence-corrected chi connectivity index (χ1v) is 5.22. The topological polar surface area (TPSA) is 83.1 Å². The molecule has 6 heteroatoms. The van der Waals surface area contributed by atoms with Gasteiger partial charge in [-0.15, -0.1) is 0 Å². The van der Waals surface area contributed by atoms with Crippen molar-refractivity contribution in [1.29, 1.82) is 0 Å². The van der Waals surface area contributed by atoms with Crippen molar-refractivity contribution in [3.8, 4) is 0 Å². The number of H-pyrrole nitrogens is 1. The molecule has 3 rings (SSSR count). The fourth-order valence-electron chi connectivity index (χ4n) is 1.86. The Hall–Kier alpha value is -2.76. The van der Waals surface area contributed by atoms with E-state index in [0.717, 1.165) is 4.90 Å². The SMILES string of the molecule is O=C1c2ccccc2C(=O)N1c1ccc(=O)[nH]n1. The highest BCUT2D eigenvalue weighted by Crippen LogP contribution is 2.25. The predicted molar refractivity (Wildman–Crippen MR) is 62.4 cm³/mol. The molecule has 2 heterocycles. The van der Waals surface area contributed by atoms with E-state index >= 15 is 0 Å². The van der Waals surface area contributed by atoms with Gasteiger partial charge in [0, 0.05) is 6.07 Å². The number of anilines is 1. The van der Waals surface area contributed by atoms with E-state index in [1.807, 2.05) is 0 Å². The van der Waals surface area contributed by atoms with Gasteiger partial charge in [-0.1, -0.05) is 12.1 Å². The fraction of sp³-hybridized carbons (Fsp3) is 0. The first-order valence-electron chi connectivity index (χ1n) is 5.22. The molecule has 0 atom stereocenters. The number of hydrogen-bond acceptors (Lipinski definition) is 4. The van der Waals surface area contributed by atoms with Crippen molar-refractivity contribution in [2.45, 2.75) is 0 Å². The lowest BCUT2D eigenvalue weighted by atomic mass is 10.1. The van der Waals surface area contributed by atoms with Crippen LogP contribution in [0.3, 0.4) is 0 Å². The number of amides is 2. The number of aromatic amines is 1. The first kappa shape index (κ1) is 10.4. The number of nitrogens with zero attached hydrogens (tertiary/aromatic N) is 2. The van der Waals surface area contributed by atoms with Gasteiger partial charge in [0.25, 0.3) is 17.4 Å². The van der Waals surface area contributed by atoms with Gasteiger partial charge in [-0.25, -0.2) is 10.00 Å². The van der Waals surface area contributed by atoms with Crippen LogP contribution in [-0.2, 0) is 0 Å². The summed E-state index contributed by atoms with van der Waals surface area (Å²) in [4.78, 5) is 36.0. The first-order chi connectivity index (χ1) is 8.68. The Labute approximate surface area is 101 Å². The van der Waals surface area contributed by atoms with Crippen molar-refractivity contribution < 1.29 is 9.59 Å². The zero-order valence-corrected chi connectivity index (χ0v) is 9.08. The Morgan fingerprint density at radius 3 is 2.00 bits per heavy atom. The summed E-state index contributed by atoms with van der Waals surface area (Å²) < 4.78 is 0. The normalized spacial score (nSPS) is 13.9. The zero-order chi connectivity index (χ0) is 12.7. The van der Waals surface area contributed by atoms with Crippen LogP contribution in [-0.4, -0.2) is 22.0 Å². The molecule has 18 heavy (non-hydrogen) atoms. The number of carbonyl (C=O) groups excluding carboxylic acids is 2. The maximum absolute atomic E-state index is 12.1. The lowest BCUT2D eigenvalue weighted by Gasteiger charge is -2.10. The van der Waals surface area contributed by atoms with Gasteiger partial charge in [-0.05, 0) is 18.2 Å². The third-order valence-electron chi connectivity index (χ3n) is 2.69. The predicted octanol–water partition coefficient (Wildman–Crippen LogP) is 0.571. The molecule has 1 aliphatic heterocycles. The lowest BCUT2D eigenvalue weighted by Crippen LogP contribution is -2.31. The van der Waals surface area contributed by atoms with Crippen LogP contribution in [0.15, 0.2) is 41.2 Å². The zero-order valence-electron chi connectivity index (χ0n) is 9.08. The number of imide groups is 1. The Morgan fingerprint density at radius 2 is 1.50 bits per heavy atom. The van der Waals surface area contributed by atoms with Gasteiger partial charge >= 0.3 is 0 Å². The second kappa shape index (κ2) is 3.63. The minimum Gasteiger partial charge on any atom is -0.268 e. The van der Waals surface area contributed by atoms with Crippen molar-refractivity contribution in [1.82, 2.24) is 10.2 Å². The highest BCUT2D eigenvalue weighted by molar-refractivity contribution is 6.34. The average molecular weight is 241 g/mol. The lowest BCUT2D eigenvalue weighted by molar-refractivity contribution is 0.0924. The molecular formula is C12H7N3O3. The molecule has 0 aliphatic carbocycles. The molecule has 88 valence electrons. The molecule has 0 fully saturated rings. The minimum absolute atomic E-state index is 0.112. The standard InChI is InChI=1S/C12H7N3O3/c16-10-6-5-9(13-14-10)15-11(17)7-3-1-2-4-8(7)12(15)18/h1-6H,(H,14,16). The Kier molecular flexibility index (Phi) is 2.09. The molecule has 2 amide bonds. The van der Waals surface area contributed by atoms with E-state index in [-0.39, 0.29) is 5.82 Å². The maximum Gasteiger partial charge on any atom is 0.267 e. The summed E-state index contributed by atoms with van der Waals surface area (Å²) in [6, 6.07) is 9.09. The monoisotopic (exact) mass is 241 g/mol. The van der Waals surface area contributed by atoms with E-state index in [9.17, 15) is 14.4 Å². The van der Waals surface area contributed by atoms with Gasteiger partial charge in [0.15, 0.2) is 5.82 Å². The van der Waals surface area contributed by atoms with E-state index in [4.69, 9.17) is 0 Å². The van der Waals surface area contributed by atoms with E-state index in [2.05, 4.69) is 10.2 Å². The summed E-state index contributed by atoms with van der Waals surface area (Å²) in [5, 5.41) is 5.88. The number of hydrogen-bond donors (Lipinski definition) is 1. The number of benzene rings is 1. The second-order valence-electron chi connectivity index (χ2n) is 3.77. The van der Waals surface area contributed by atoms with E-state index in [1.165, 1.54) is 12.1 Å². The van der Waals surface area contributed by atoms with Crippen LogP contribution in [0.2, 0.25) is 0 Å². The maximum atomic E-state index is 12.1. The molecule has 1 N–H and O–H groups in total. The number of nitrogens with one attached hydrogen (secondary N) is 1. The van der Waals surface area contributed by atoms with Crippen molar-refractivity contribution in [2.24, 2.45) is 0 Å². The molecule has 6 nitrogen and oxygen atoms in total. The molecule has 0 radical (unpaired) electrons. The molecule has 1 aromatic carbocycles. The summed E-state index contributed by atoms with van der Waals surface area (Å²) in [5.74, 6) is -0.758. The van der Waals surface area contributed by atoms with E-state index < -0.39 is 17.4 Å². The number of aromatic nitrogens is 2. The number of fused-ring (bicyclic) bond motifs is 1. The molecule has 2 aromatic rings. The van der Waals surface area contributed by atoms with Crippen LogP contribution in [0.25, 0.3) is 0 Å². The molecule has 1 aromatic heterocycles. The van der Waals surface area contributed by atoms with Gasteiger partial charge in [-0.3, -0.25) is 14.4 Å². The average Bonchev–Trinajstić information content (AvgIpc) is 2.64. The highest BCUT2D eigenvalue weighted by Gasteiger charge is 2.37. The van der Waals surface area contributed by atoms with E-state index in [1.54, 1.807) is 24.3 Å². The smallest absolute Gasteiger partial charge is 0.267 e. The molecule has 0 spiro atoms. The van der Waals surface area contributed by atoms with Gasteiger partial charge in [-0.2, -0.15) is 5.10 Å². The molecule has 0 unspecified atom stereocenters. The Morgan fingerprint density at radius 1 is 0.889 bits per heavy atom. The fourth-order valence-corrected chi connectivity index (χ4v) is 1.86. The van der Waals surface area contributed by atoms with Crippen molar-refractivity contribution in [3.63, 3.8) is 0 Å². The van der Waals surface area contributed by atoms with E-state index in [0.29, 0.717) is 11.1 Å². The Balaban J connectivity index is 2.12. The quantitative estimate of drug-likeness (QED) is 0.740. The summed E-state index contributed by atoms with van der Waals surface area (Å²) in [5.41, 5.74) is 0.293. The minimum atomic E-state index is -0.435. The van der Waals surface area contributed by atoms with Crippen LogP contribution in [0.1, 0.15) is 20.7 Å². The van der Waals surface area contributed by atoms with Gasteiger partial charge in [0.05, 0.1) is 11.1 Å². The summed E-state index contributed by atoms with van der Waals surface area (Å²) in [6.45, 7) is 0. The summed E-state index contributed by atoms with van der Waals surface area (Å²) in [7, 11) is 0. The Bertz CT molecular complexity index is 665. The van der Waals surface area contributed by atoms with Gasteiger partial charge < -0.3 is 0 Å². The number of carbonyl (C=O) groups is 2.